The van der Waals surface area contributed by atoms with Crippen LogP contribution in [0.15, 0.2) is 10.6 Å². The van der Waals surface area contributed by atoms with E-state index in [-0.39, 0.29) is 36.0 Å². The Labute approximate surface area is 194 Å². The topological polar surface area (TPSA) is 153 Å². The molecule has 2 amide bonds. The number of aromatic nitrogens is 2. The normalized spacial score (nSPS) is 19.8. The summed E-state index contributed by atoms with van der Waals surface area (Å²) in [5.74, 6) is -0.0944. The fraction of sp³-hybridized carbons (Fsp3) is 0.476. The van der Waals surface area contributed by atoms with E-state index in [9.17, 15) is 19.5 Å². The second kappa shape index (κ2) is 10.6. The smallest absolute Gasteiger partial charge is 0.338 e. The summed E-state index contributed by atoms with van der Waals surface area (Å²) in [6.07, 6.45) is 0.0458. The third-order valence-electron chi connectivity index (χ3n) is 5.07. The number of hydrogen-bond acceptors (Lipinski definition) is 10. The molecule has 3 rings (SSSR count). The molecule has 0 bridgehead atoms. The lowest BCUT2D eigenvalue weighted by molar-refractivity contribution is -0.129. The van der Waals surface area contributed by atoms with Crippen molar-refractivity contribution in [3.63, 3.8) is 0 Å². The molecule has 0 fully saturated rings. The molecular weight excluding hydrogens is 452 g/mol. The van der Waals surface area contributed by atoms with Crippen LogP contribution in [-0.4, -0.2) is 58.5 Å². The van der Waals surface area contributed by atoms with E-state index in [4.69, 9.17) is 14.0 Å². The molecule has 1 aliphatic heterocycles. The second-order valence-corrected chi connectivity index (χ2v) is 8.54. The molecule has 2 heterocycles. The Kier molecular flexibility index (Phi) is 7.79. The molecule has 3 N–H and O–H groups in total. The Balaban J connectivity index is 1.99. The number of carbonyl (C=O) groups is 3. The van der Waals surface area contributed by atoms with Gasteiger partial charge in [0.05, 0.1) is 19.3 Å². The number of nitrogens with one attached hydrogen (secondary N) is 2. The molecular formula is C21H26N4O7S. The Bertz CT molecular complexity index is 1060. The molecule has 1 aromatic carbocycles. The van der Waals surface area contributed by atoms with Crippen LogP contribution in [0.5, 0.6) is 11.5 Å². The molecule has 0 spiro atoms. The van der Waals surface area contributed by atoms with Crippen molar-refractivity contribution in [3.05, 3.63) is 34.5 Å². The van der Waals surface area contributed by atoms with Crippen molar-refractivity contribution in [1.29, 1.82) is 0 Å². The van der Waals surface area contributed by atoms with Crippen LogP contribution in [0.3, 0.4) is 0 Å². The van der Waals surface area contributed by atoms with Crippen LogP contribution in [0.4, 0.5) is 0 Å². The molecule has 12 heteroatoms. The first kappa shape index (κ1) is 24.4. The fourth-order valence-corrected chi connectivity index (χ4v) is 4.54. The summed E-state index contributed by atoms with van der Waals surface area (Å²) in [4.78, 5) is 41.7. The minimum Gasteiger partial charge on any atom is -0.507 e. The summed E-state index contributed by atoms with van der Waals surface area (Å²) < 4.78 is 15.9. The third kappa shape index (κ3) is 5.75. The molecule has 0 aliphatic carbocycles. The Morgan fingerprint density at radius 1 is 1.36 bits per heavy atom. The van der Waals surface area contributed by atoms with Gasteiger partial charge in [-0.2, -0.15) is 16.7 Å². The van der Waals surface area contributed by atoms with E-state index in [2.05, 4.69) is 20.8 Å². The van der Waals surface area contributed by atoms with E-state index >= 15 is 0 Å². The number of phenolic OH excluding ortho intramolecular Hbond substituents is 1. The molecule has 178 valence electrons. The van der Waals surface area contributed by atoms with E-state index in [0.29, 0.717) is 28.5 Å². The minimum atomic E-state index is -0.938. The third-order valence-corrected chi connectivity index (χ3v) is 6.13. The summed E-state index contributed by atoms with van der Waals surface area (Å²) in [6, 6.07) is -0.137. The fourth-order valence-electron chi connectivity index (χ4n) is 3.47. The van der Waals surface area contributed by atoms with Gasteiger partial charge in [0.15, 0.2) is 5.82 Å². The maximum Gasteiger partial charge on any atom is 0.338 e. The van der Waals surface area contributed by atoms with Crippen LogP contribution in [0.25, 0.3) is 0 Å². The lowest BCUT2D eigenvalue weighted by atomic mass is 10.0. The van der Waals surface area contributed by atoms with Gasteiger partial charge >= 0.3 is 5.97 Å². The van der Waals surface area contributed by atoms with Gasteiger partial charge in [-0.25, -0.2) is 4.79 Å². The molecule has 0 unspecified atom stereocenters. The summed E-state index contributed by atoms with van der Waals surface area (Å²) in [5.41, 5.74) is 1.13. The monoisotopic (exact) mass is 478 g/mol. The summed E-state index contributed by atoms with van der Waals surface area (Å²) >= 11 is 1.35. The number of aryl methyl sites for hydroxylation is 1. The number of fused-ring (bicyclic) bond motifs is 1. The van der Waals surface area contributed by atoms with Crippen molar-refractivity contribution in [2.75, 3.05) is 19.5 Å². The first-order valence-electron chi connectivity index (χ1n) is 10.2. The number of hydrogen-bond donors (Lipinski definition) is 3. The van der Waals surface area contributed by atoms with Gasteiger partial charge < -0.3 is 29.7 Å². The number of amides is 2. The van der Waals surface area contributed by atoms with E-state index in [0.717, 1.165) is 0 Å². The standard InChI is InChI=1S/C21H26N4O7S/c1-10-17(30-4)7-16(27)13-8-33-9-15(20-22-11(2)25-32-20)24-19(28)14(23-12(3)26)5-6-31-21(29)18(10)13/h7,14-15,27H,5-6,8-9H2,1-4H3,(H,23,26)(H,24,28)/t14-,15-/m0/s1. The van der Waals surface area contributed by atoms with E-state index < -0.39 is 29.9 Å². The van der Waals surface area contributed by atoms with Gasteiger partial charge in [0.1, 0.15) is 23.6 Å². The summed E-state index contributed by atoms with van der Waals surface area (Å²) in [7, 11) is 1.44. The van der Waals surface area contributed by atoms with Crippen molar-refractivity contribution in [1.82, 2.24) is 20.8 Å². The number of carbonyl (C=O) groups excluding carboxylic acids is 3. The lowest BCUT2D eigenvalue weighted by Crippen LogP contribution is -2.48. The number of benzene rings is 1. The quantitative estimate of drug-likeness (QED) is 0.554. The van der Waals surface area contributed by atoms with Crippen LogP contribution in [0.2, 0.25) is 0 Å². The number of nitrogens with zero attached hydrogens (tertiary/aromatic N) is 2. The Morgan fingerprint density at radius 3 is 2.76 bits per heavy atom. The van der Waals surface area contributed by atoms with Crippen molar-refractivity contribution in [3.8, 4) is 11.5 Å². The van der Waals surface area contributed by atoms with Gasteiger partial charge in [0, 0.05) is 42.0 Å². The second-order valence-electron chi connectivity index (χ2n) is 7.51. The predicted octanol–water partition coefficient (Wildman–Crippen LogP) is 1.56. The van der Waals surface area contributed by atoms with Crippen molar-refractivity contribution >= 4 is 29.5 Å². The molecule has 1 aromatic heterocycles. The zero-order chi connectivity index (χ0) is 24.1. The minimum absolute atomic E-state index is 0.0458. The lowest BCUT2D eigenvalue weighted by Gasteiger charge is -2.20. The van der Waals surface area contributed by atoms with Gasteiger partial charge in [-0.05, 0) is 13.8 Å². The number of methoxy groups -OCH3 is 1. The van der Waals surface area contributed by atoms with E-state index in [1.165, 1.54) is 31.9 Å². The Hall–Kier alpha value is -3.28. The molecule has 0 saturated heterocycles. The van der Waals surface area contributed by atoms with Gasteiger partial charge in [-0.3, -0.25) is 9.59 Å². The Morgan fingerprint density at radius 2 is 2.12 bits per heavy atom. The highest BCUT2D eigenvalue weighted by molar-refractivity contribution is 7.98. The highest BCUT2D eigenvalue weighted by atomic mass is 32.2. The molecule has 2 atom stereocenters. The highest BCUT2D eigenvalue weighted by Crippen LogP contribution is 2.36. The molecule has 0 radical (unpaired) electrons. The van der Waals surface area contributed by atoms with Crippen LogP contribution in [0, 0.1) is 13.8 Å². The van der Waals surface area contributed by atoms with Crippen molar-refractivity contribution in [2.24, 2.45) is 0 Å². The molecule has 1 aliphatic rings. The number of phenols is 1. The zero-order valence-corrected chi connectivity index (χ0v) is 19.6. The molecule has 0 saturated carbocycles. The number of esters is 1. The number of ether oxygens (including phenoxy) is 2. The van der Waals surface area contributed by atoms with Gasteiger partial charge in [-0.1, -0.05) is 5.16 Å². The SMILES string of the molecule is COc1cc(O)c2c(c1C)C(=O)OCC[C@H](NC(C)=O)C(=O)N[C@H](c1nc(C)no1)CSC2. The summed E-state index contributed by atoms with van der Waals surface area (Å²) in [6.45, 7) is 4.53. The number of cyclic esters (lactones) is 1. The van der Waals surface area contributed by atoms with Crippen molar-refractivity contribution in [2.45, 2.75) is 45.0 Å². The average Bonchev–Trinajstić information content (AvgIpc) is 3.19. The van der Waals surface area contributed by atoms with Gasteiger partial charge in [0.25, 0.3) is 0 Å². The van der Waals surface area contributed by atoms with Gasteiger partial charge in [-0.15, -0.1) is 0 Å². The number of thioether (sulfide) groups is 1. The van der Waals surface area contributed by atoms with Crippen molar-refractivity contribution < 1.29 is 33.5 Å². The number of aromatic hydroxyl groups is 1. The summed E-state index contributed by atoms with van der Waals surface area (Å²) in [5, 5.41) is 19.8. The maximum atomic E-state index is 12.9. The largest absolute Gasteiger partial charge is 0.507 e. The van der Waals surface area contributed by atoms with E-state index in [1.54, 1.807) is 13.8 Å². The molecule has 11 nitrogen and oxygen atoms in total. The predicted molar refractivity (Wildman–Crippen MR) is 118 cm³/mol. The van der Waals surface area contributed by atoms with Crippen LogP contribution >= 0.6 is 11.8 Å². The van der Waals surface area contributed by atoms with Crippen LogP contribution in [-0.2, 0) is 20.1 Å². The zero-order valence-electron chi connectivity index (χ0n) is 18.8. The first-order valence-corrected chi connectivity index (χ1v) is 11.4. The van der Waals surface area contributed by atoms with E-state index in [1.807, 2.05) is 0 Å². The van der Waals surface area contributed by atoms with Crippen LogP contribution < -0.4 is 15.4 Å². The number of rotatable bonds is 3. The average molecular weight is 479 g/mol. The highest BCUT2D eigenvalue weighted by Gasteiger charge is 2.29. The molecule has 2 aromatic rings. The molecule has 33 heavy (non-hydrogen) atoms. The maximum absolute atomic E-state index is 12.9. The van der Waals surface area contributed by atoms with Crippen LogP contribution in [0.1, 0.15) is 52.6 Å². The first-order chi connectivity index (χ1) is 15.7. The van der Waals surface area contributed by atoms with Gasteiger partial charge in [0.2, 0.25) is 17.7 Å².